The maximum atomic E-state index is 11.8. The third-order valence-electron chi connectivity index (χ3n) is 4.11. The summed E-state index contributed by atoms with van der Waals surface area (Å²) in [5, 5.41) is 14.6. The summed E-state index contributed by atoms with van der Waals surface area (Å²) in [4.78, 5) is 14.0. The Morgan fingerprint density at radius 2 is 2.04 bits per heavy atom. The number of amides is 1. The Morgan fingerprint density at radius 1 is 1.21 bits per heavy atom. The SMILES string of the molecule is CCNC(=O)c1ccc(N2CCC[C@H](Nc3ccccc3)C2)nn1. The molecule has 6 heteroatoms. The first-order valence-electron chi connectivity index (χ1n) is 8.44. The van der Waals surface area contributed by atoms with E-state index >= 15 is 0 Å². The maximum absolute atomic E-state index is 11.8. The molecule has 126 valence electrons. The van der Waals surface area contributed by atoms with Crippen molar-refractivity contribution in [3.05, 3.63) is 48.2 Å². The molecule has 0 radical (unpaired) electrons. The molecular weight excluding hydrogens is 302 g/mol. The summed E-state index contributed by atoms with van der Waals surface area (Å²) >= 11 is 0. The van der Waals surface area contributed by atoms with Gasteiger partial charge in [-0.25, -0.2) is 0 Å². The Kier molecular flexibility index (Phi) is 5.25. The monoisotopic (exact) mass is 325 g/mol. The van der Waals surface area contributed by atoms with E-state index in [-0.39, 0.29) is 5.91 Å². The van der Waals surface area contributed by atoms with Crippen molar-refractivity contribution in [2.45, 2.75) is 25.8 Å². The van der Waals surface area contributed by atoms with Gasteiger partial charge >= 0.3 is 0 Å². The molecule has 1 aliphatic rings. The highest BCUT2D eigenvalue weighted by molar-refractivity contribution is 5.92. The molecule has 1 aromatic carbocycles. The van der Waals surface area contributed by atoms with Crippen LogP contribution in [0.25, 0.3) is 0 Å². The van der Waals surface area contributed by atoms with Crippen LogP contribution >= 0.6 is 0 Å². The number of aromatic nitrogens is 2. The molecular formula is C18H23N5O. The average molecular weight is 325 g/mol. The van der Waals surface area contributed by atoms with Gasteiger partial charge in [0.05, 0.1) is 0 Å². The van der Waals surface area contributed by atoms with Gasteiger partial charge in [-0.3, -0.25) is 4.79 Å². The highest BCUT2D eigenvalue weighted by Gasteiger charge is 2.21. The topological polar surface area (TPSA) is 70.2 Å². The molecule has 1 saturated heterocycles. The van der Waals surface area contributed by atoms with Gasteiger partial charge in [0.2, 0.25) is 0 Å². The number of piperidine rings is 1. The van der Waals surface area contributed by atoms with E-state index in [0.29, 0.717) is 18.3 Å². The van der Waals surface area contributed by atoms with Gasteiger partial charge in [0.15, 0.2) is 11.5 Å². The van der Waals surface area contributed by atoms with Crippen LogP contribution in [-0.4, -0.2) is 41.8 Å². The first-order valence-corrected chi connectivity index (χ1v) is 8.44. The summed E-state index contributed by atoms with van der Waals surface area (Å²) in [6, 6.07) is 14.3. The van der Waals surface area contributed by atoms with E-state index in [2.05, 4.69) is 37.9 Å². The summed E-state index contributed by atoms with van der Waals surface area (Å²) < 4.78 is 0. The Bertz CT molecular complexity index is 659. The number of carbonyl (C=O) groups is 1. The van der Waals surface area contributed by atoms with Crippen molar-refractivity contribution in [2.75, 3.05) is 29.9 Å². The predicted molar refractivity (Wildman–Crippen MR) is 95.3 cm³/mol. The number of nitrogens with one attached hydrogen (secondary N) is 2. The molecule has 0 aliphatic carbocycles. The molecule has 1 amide bonds. The number of nitrogens with zero attached hydrogens (tertiary/aromatic N) is 3. The minimum atomic E-state index is -0.182. The van der Waals surface area contributed by atoms with Gasteiger partial charge in [0, 0.05) is 31.4 Å². The molecule has 6 nitrogen and oxygen atoms in total. The quantitative estimate of drug-likeness (QED) is 0.883. The van der Waals surface area contributed by atoms with Gasteiger partial charge in [-0.15, -0.1) is 10.2 Å². The van der Waals surface area contributed by atoms with Crippen molar-refractivity contribution in [3.8, 4) is 0 Å². The largest absolute Gasteiger partial charge is 0.381 e. The molecule has 0 spiro atoms. The van der Waals surface area contributed by atoms with E-state index in [4.69, 9.17) is 0 Å². The highest BCUT2D eigenvalue weighted by atomic mass is 16.1. The molecule has 2 heterocycles. The van der Waals surface area contributed by atoms with Crippen molar-refractivity contribution in [3.63, 3.8) is 0 Å². The number of para-hydroxylation sites is 1. The predicted octanol–water partition coefficient (Wildman–Crippen LogP) is 2.31. The molecule has 0 saturated carbocycles. The molecule has 1 aromatic heterocycles. The Labute approximate surface area is 142 Å². The first kappa shape index (κ1) is 16.2. The summed E-state index contributed by atoms with van der Waals surface area (Å²) in [6.45, 7) is 4.31. The van der Waals surface area contributed by atoms with Crippen LogP contribution in [0.5, 0.6) is 0 Å². The second-order valence-corrected chi connectivity index (χ2v) is 5.93. The molecule has 1 aliphatic heterocycles. The second kappa shape index (κ2) is 7.77. The molecule has 1 fully saturated rings. The maximum Gasteiger partial charge on any atom is 0.271 e. The van der Waals surface area contributed by atoms with Crippen molar-refractivity contribution in [1.82, 2.24) is 15.5 Å². The van der Waals surface area contributed by atoms with Gasteiger partial charge in [-0.05, 0) is 44.0 Å². The van der Waals surface area contributed by atoms with E-state index in [1.165, 1.54) is 0 Å². The lowest BCUT2D eigenvalue weighted by Gasteiger charge is -2.34. The zero-order valence-electron chi connectivity index (χ0n) is 13.9. The molecule has 24 heavy (non-hydrogen) atoms. The van der Waals surface area contributed by atoms with Crippen LogP contribution in [0.4, 0.5) is 11.5 Å². The van der Waals surface area contributed by atoms with Crippen LogP contribution < -0.4 is 15.5 Å². The van der Waals surface area contributed by atoms with Crippen LogP contribution in [0.2, 0.25) is 0 Å². The van der Waals surface area contributed by atoms with Crippen molar-refractivity contribution >= 4 is 17.4 Å². The number of rotatable bonds is 5. The second-order valence-electron chi connectivity index (χ2n) is 5.93. The molecule has 0 unspecified atom stereocenters. The van der Waals surface area contributed by atoms with E-state index in [0.717, 1.165) is 37.4 Å². The van der Waals surface area contributed by atoms with Gasteiger partial charge in [-0.1, -0.05) is 18.2 Å². The van der Waals surface area contributed by atoms with E-state index < -0.39 is 0 Å². The van der Waals surface area contributed by atoms with Crippen LogP contribution in [0.15, 0.2) is 42.5 Å². The number of benzene rings is 1. The lowest BCUT2D eigenvalue weighted by molar-refractivity contribution is 0.0950. The lowest BCUT2D eigenvalue weighted by atomic mass is 10.1. The number of hydrogen-bond acceptors (Lipinski definition) is 5. The van der Waals surface area contributed by atoms with Gasteiger partial charge in [-0.2, -0.15) is 0 Å². The molecule has 3 rings (SSSR count). The van der Waals surface area contributed by atoms with Crippen LogP contribution in [0, 0.1) is 0 Å². The summed E-state index contributed by atoms with van der Waals surface area (Å²) in [5.74, 6) is 0.640. The van der Waals surface area contributed by atoms with Gasteiger partial charge < -0.3 is 15.5 Å². The normalized spacial score (nSPS) is 17.4. The highest BCUT2D eigenvalue weighted by Crippen LogP contribution is 2.20. The van der Waals surface area contributed by atoms with Crippen LogP contribution in [-0.2, 0) is 0 Å². The summed E-state index contributed by atoms with van der Waals surface area (Å²) in [6.07, 6.45) is 2.24. The van der Waals surface area contributed by atoms with Crippen molar-refractivity contribution in [1.29, 1.82) is 0 Å². The molecule has 1 atom stereocenters. The van der Waals surface area contributed by atoms with Gasteiger partial charge in [0.25, 0.3) is 5.91 Å². The van der Waals surface area contributed by atoms with Gasteiger partial charge in [0.1, 0.15) is 0 Å². The number of carbonyl (C=O) groups excluding carboxylic acids is 1. The van der Waals surface area contributed by atoms with Crippen molar-refractivity contribution < 1.29 is 4.79 Å². The average Bonchev–Trinajstić information content (AvgIpc) is 2.63. The van der Waals surface area contributed by atoms with Crippen LogP contribution in [0.3, 0.4) is 0 Å². The van der Waals surface area contributed by atoms with Crippen molar-refractivity contribution in [2.24, 2.45) is 0 Å². The standard InChI is InChI=1S/C18H23N5O/c1-2-19-18(24)16-10-11-17(22-21-16)23-12-6-9-15(13-23)20-14-7-4-3-5-8-14/h3-5,7-8,10-11,15,20H,2,6,9,12-13H2,1H3,(H,19,24)/t15-/m0/s1. The first-order chi connectivity index (χ1) is 11.8. The third-order valence-corrected chi connectivity index (χ3v) is 4.11. The lowest BCUT2D eigenvalue weighted by Crippen LogP contribution is -2.42. The van der Waals surface area contributed by atoms with E-state index in [9.17, 15) is 4.79 Å². The summed E-state index contributed by atoms with van der Waals surface area (Å²) in [5.41, 5.74) is 1.50. The van der Waals surface area contributed by atoms with Crippen LogP contribution in [0.1, 0.15) is 30.3 Å². The number of hydrogen-bond donors (Lipinski definition) is 2. The fourth-order valence-electron chi connectivity index (χ4n) is 2.94. The molecule has 2 aromatic rings. The Hall–Kier alpha value is -2.63. The minimum absolute atomic E-state index is 0.182. The zero-order valence-corrected chi connectivity index (χ0v) is 13.9. The minimum Gasteiger partial charge on any atom is -0.381 e. The fourth-order valence-corrected chi connectivity index (χ4v) is 2.94. The summed E-state index contributed by atoms with van der Waals surface area (Å²) in [7, 11) is 0. The number of anilines is 2. The Balaban J connectivity index is 1.63. The smallest absolute Gasteiger partial charge is 0.271 e. The molecule has 2 N–H and O–H groups in total. The Morgan fingerprint density at radius 3 is 2.75 bits per heavy atom. The molecule has 0 bridgehead atoms. The third kappa shape index (κ3) is 4.01. The zero-order chi connectivity index (χ0) is 16.8. The van der Waals surface area contributed by atoms with E-state index in [1.54, 1.807) is 6.07 Å². The van der Waals surface area contributed by atoms with E-state index in [1.807, 2.05) is 31.2 Å². The fraction of sp³-hybridized carbons (Fsp3) is 0.389.